The van der Waals surface area contributed by atoms with Crippen LogP contribution in [0, 0.1) is 17.6 Å². The van der Waals surface area contributed by atoms with E-state index in [0.29, 0.717) is 0 Å². The summed E-state index contributed by atoms with van der Waals surface area (Å²) in [4.78, 5) is 1.26. The van der Waals surface area contributed by atoms with Crippen molar-refractivity contribution in [2.45, 2.75) is 16.8 Å². The lowest BCUT2D eigenvalue weighted by Crippen LogP contribution is -1.83. The molecule has 2 aromatic rings. The third-order valence-electron chi connectivity index (χ3n) is 2.32. The summed E-state index contributed by atoms with van der Waals surface area (Å²) in [6.45, 7) is 2.07. The van der Waals surface area contributed by atoms with Gasteiger partial charge in [-0.3, -0.25) is 0 Å². The molecule has 0 saturated carbocycles. The Labute approximate surface area is 97.3 Å². The monoisotopic (exact) mass is 234 g/mol. The summed E-state index contributed by atoms with van der Waals surface area (Å²) in [6, 6.07) is 6.09. The molecule has 0 amide bonds. The van der Waals surface area contributed by atoms with Gasteiger partial charge in [0.05, 0.1) is 10.5 Å². The van der Waals surface area contributed by atoms with Crippen LogP contribution in [0.3, 0.4) is 0 Å². The topological polar surface area (TPSA) is 28.2 Å². The molecule has 2 nitrogen and oxygen atoms in total. The first-order valence-corrected chi connectivity index (χ1v) is 6.53. The van der Waals surface area contributed by atoms with Gasteiger partial charge in [0.25, 0.3) is 0 Å². The Morgan fingerprint density at radius 3 is 2.87 bits per heavy atom. The number of rotatable bonds is 2. The first kappa shape index (κ1) is 10.5. The Kier molecular flexibility index (Phi) is 2.94. The fourth-order valence-corrected chi connectivity index (χ4v) is 3.14. The maximum atomic E-state index is 8.78. The lowest BCUT2D eigenvalue weighted by Gasteiger charge is -1.96. The van der Waals surface area contributed by atoms with Crippen molar-refractivity contribution in [1.29, 1.82) is 5.26 Å². The zero-order valence-corrected chi connectivity index (χ0v) is 10.2. The molecule has 2 aromatic heterocycles. The van der Waals surface area contributed by atoms with Gasteiger partial charge >= 0.3 is 0 Å². The van der Waals surface area contributed by atoms with E-state index in [0.717, 1.165) is 5.03 Å². The lowest BCUT2D eigenvalue weighted by atomic mass is 10.3. The van der Waals surface area contributed by atoms with E-state index in [2.05, 4.69) is 29.0 Å². The molecule has 0 fully saturated rings. The van der Waals surface area contributed by atoms with Crippen LogP contribution < -0.4 is 0 Å². The van der Waals surface area contributed by atoms with Crippen LogP contribution in [0.15, 0.2) is 34.3 Å². The molecule has 0 atom stereocenters. The molecule has 15 heavy (non-hydrogen) atoms. The van der Waals surface area contributed by atoms with Crippen molar-refractivity contribution < 1.29 is 0 Å². The van der Waals surface area contributed by atoms with Gasteiger partial charge in [-0.05, 0) is 30.9 Å². The van der Waals surface area contributed by atoms with Crippen LogP contribution in [-0.4, -0.2) is 10.7 Å². The van der Waals surface area contributed by atoms with E-state index in [1.807, 2.05) is 18.3 Å². The molecule has 0 aromatic carbocycles. The van der Waals surface area contributed by atoms with Crippen molar-refractivity contribution in [3.05, 3.63) is 30.0 Å². The summed E-state index contributed by atoms with van der Waals surface area (Å²) in [6.07, 6.45) is 4.07. The van der Waals surface area contributed by atoms with Gasteiger partial charge in [0.15, 0.2) is 0 Å². The van der Waals surface area contributed by atoms with E-state index < -0.39 is 0 Å². The standard InChI is InChI=1S/C11H10N2S2/c1-8-10(14-2)9-5-3-4-6-13(9)11(8)15-7-12/h3-6H,1-2H3. The molecular formula is C11H10N2S2. The van der Waals surface area contributed by atoms with Crippen molar-refractivity contribution in [2.75, 3.05) is 6.26 Å². The molecule has 0 aliphatic carbocycles. The Bertz CT molecular complexity index is 537. The predicted molar refractivity (Wildman–Crippen MR) is 65.4 cm³/mol. The quantitative estimate of drug-likeness (QED) is 0.587. The van der Waals surface area contributed by atoms with Crippen LogP contribution >= 0.6 is 23.5 Å². The van der Waals surface area contributed by atoms with Gasteiger partial charge in [-0.2, -0.15) is 5.26 Å². The molecule has 0 saturated heterocycles. The highest BCUT2D eigenvalue weighted by atomic mass is 32.2. The number of nitriles is 1. The number of thioether (sulfide) groups is 2. The minimum absolute atomic E-state index is 1.03. The third kappa shape index (κ3) is 1.62. The minimum Gasteiger partial charge on any atom is -0.309 e. The zero-order chi connectivity index (χ0) is 10.8. The summed E-state index contributed by atoms with van der Waals surface area (Å²) in [5.74, 6) is 0. The Hall–Kier alpha value is -1.05. The number of hydrogen-bond acceptors (Lipinski definition) is 3. The summed E-state index contributed by atoms with van der Waals surface area (Å²) in [7, 11) is 0. The molecule has 2 rings (SSSR count). The molecule has 2 heterocycles. The molecule has 0 aliphatic rings. The maximum absolute atomic E-state index is 8.78. The highest BCUT2D eigenvalue weighted by molar-refractivity contribution is 8.03. The molecule has 0 spiro atoms. The van der Waals surface area contributed by atoms with Crippen molar-refractivity contribution in [2.24, 2.45) is 0 Å². The van der Waals surface area contributed by atoms with E-state index in [-0.39, 0.29) is 0 Å². The Morgan fingerprint density at radius 1 is 1.40 bits per heavy atom. The Balaban J connectivity index is 2.80. The normalized spacial score (nSPS) is 10.5. The third-order valence-corrected chi connectivity index (χ3v) is 4.03. The number of hydrogen-bond donors (Lipinski definition) is 0. The fourth-order valence-electron chi connectivity index (χ4n) is 1.70. The summed E-state index contributed by atoms with van der Waals surface area (Å²) >= 11 is 2.95. The zero-order valence-electron chi connectivity index (χ0n) is 8.52. The fraction of sp³-hybridized carbons (Fsp3) is 0.182. The van der Waals surface area contributed by atoms with Crippen LogP contribution in [0.25, 0.3) is 5.52 Å². The molecule has 4 heteroatoms. The van der Waals surface area contributed by atoms with Gasteiger partial charge in [0, 0.05) is 22.9 Å². The highest BCUT2D eigenvalue weighted by Gasteiger charge is 2.13. The van der Waals surface area contributed by atoms with E-state index in [9.17, 15) is 0 Å². The van der Waals surface area contributed by atoms with Gasteiger partial charge < -0.3 is 4.40 Å². The summed E-state index contributed by atoms with van der Waals surface area (Å²) in [5.41, 5.74) is 2.38. The molecular weight excluding hydrogens is 224 g/mol. The second kappa shape index (κ2) is 4.21. The van der Waals surface area contributed by atoms with Gasteiger partial charge in [0.2, 0.25) is 0 Å². The number of thiocyanates is 1. The van der Waals surface area contributed by atoms with Crippen LogP contribution in [0.4, 0.5) is 0 Å². The maximum Gasteiger partial charge on any atom is 0.140 e. The van der Waals surface area contributed by atoms with Crippen molar-refractivity contribution >= 4 is 29.0 Å². The first-order valence-electron chi connectivity index (χ1n) is 4.49. The van der Waals surface area contributed by atoms with Crippen molar-refractivity contribution in [3.63, 3.8) is 0 Å². The number of aromatic nitrogens is 1. The smallest absolute Gasteiger partial charge is 0.140 e. The molecule has 0 radical (unpaired) electrons. The SMILES string of the molecule is CSc1c(C)c(SC#N)n2ccccc12. The second-order valence-electron chi connectivity index (χ2n) is 3.11. The van der Waals surface area contributed by atoms with Crippen LogP contribution in [0.1, 0.15) is 5.56 Å². The predicted octanol–water partition coefficient (Wildman–Crippen LogP) is 3.54. The van der Waals surface area contributed by atoms with Crippen molar-refractivity contribution in [1.82, 2.24) is 4.40 Å². The van der Waals surface area contributed by atoms with E-state index >= 15 is 0 Å². The molecule has 0 unspecified atom stereocenters. The van der Waals surface area contributed by atoms with Crippen LogP contribution in [0.5, 0.6) is 0 Å². The second-order valence-corrected chi connectivity index (χ2v) is 4.70. The number of pyridine rings is 1. The number of fused-ring (bicyclic) bond motifs is 1. The average Bonchev–Trinajstić information content (AvgIpc) is 2.53. The van der Waals surface area contributed by atoms with Gasteiger partial charge in [-0.1, -0.05) is 6.07 Å². The Morgan fingerprint density at radius 2 is 2.20 bits per heavy atom. The largest absolute Gasteiger partial charge is 0.309 e. The summed E-state index contributed by atoms with van der Waals surface area (Å²) < 4.78 is 2.08. The summed E-state index contributed by atoms with van der Waals surface area (Å²) in [5, 5.41) is 11.9. The van der Waals surface area contributed by atoms with E-state index in [4.69, 9.17) is 5.26 Å². The average molecular weight is 234 g/mol. The van der Waals surface area contributed by atoms with Gasteiger partial charge in [-0.15, -0.1) is 11.8 Å². The number of nitrogens with zero attached hydrogens (tertiary/aromatic N) is 2. The van der Waals surface area contributed by atoms with E-state index in [1.54, 1.807) is 11.8 Å². The first-order chi connectivity index (χ1) is 7.29. The minimum atomic E-state index is 1.03. The molecule has 0 aliphatic heterocycles. The van der Waals surface area contributed by atoms with E-state index in [1.165, 1.54) is 27.7 Å². The lowest BCUT2D eigenvalue weighted by molar-refractivity contribution is 1.03. The molecule has 0 N–H and O–H groups in total. The molecule has 76 valence electrons. The van der Waals surface area contributed by atoms with Gasteiger partial charge in [-0.25, -0.2) is 0 Å². The highest BCUT2D eigenvalue weighted by Crippen LogP contribution is 2.35. The van der Waals surface area contributed by atoms with Gasteiger partial charge in [0.1, 0.15) is 5.40 Å². The van der Waals surface area contributed by atoms with Crippen LogP contribution in [0.2, 0.25) is 0 Å². The van der Waals surface area contributed by atoms with Crippen LogP contribution in [-0.2, 0) is 0 Å². The van der Waals surface area contributed by atoms with Crippen molar-refractivity contribution in [3.8, 4) is 5.40 Å². The molecule has 0 bridgehead atoms.